The Balaban J connectivity index is 1.55. The molecule has 6 heteroatoms. The first-order chi connectivity index (χ1) is 11.7. The van der Waals surface area contributed by atoms with Gasteiger partial charge in [0.25, 0.3) is 0 Å². The highest BCUT2D eigenvalue weighted by molar-refractivity contribution is 5.24. The Kier molecular flexibility index (Phi) is 5.63. The fourth-order valence-corrected chi connectivity index (χ4v) is 3.06. The lowest BCUT2D eigenvalue weighted by Gasteiger charge is -2.17. The molecule has 1 saturated heterocycles. The van der Waals surface area contributed by atoms with Crippen LogP contribution in [0.4, 0.5) is 4.39 Å². The molecule has 2 unspecified atom stereocenters. The topological polar surface area (TPSA) is 58.5 Å². The van der Waals surface area contributed by atoms with Crippen LogP contribution < -0.4 is 16.2 Å². The van der Waals surface area contributed by atoms with Crippen molar-refractivity contribution in [3.05, 3.63) is 58.8 Å². The van der Waals surface area contributed by atoms with Crippen molar-refractivity contribution in [2.75, 3.05) is 20.2 Å². The van der Waals surface area contributed by atoms with Crippen LogP contribution in [0.15, 0.2) is 34.7 Å². The van der Waals surface area contributed by atoms with E-state index in [4.69, 9.17) is 9.15 Å². The maximum atomic E-state index is 13.6. The standard InChI is InChI=1S/C18H24FN3O2/c1-12-3-6-17(24-12)18-15(10-21-22-18)9-20-8-13-4-5-16(19)14(7-13)11-23-2/h3-7,15,18,20-22H,8-11H2,1-2H3. The fraction of sp³-hybridized carbons (Fsp3) is 0.444. The number of methoxy groups -OCH3 is 1. The molecule has 1 aliphatic rings. The zero-order valence-electron chi connectivity index (χ0n) is 14.1. The van der Waals surface area contributed by atoms with Crippen molar-refractivity contribution < 1.29 is 13.5 Å². The molecule has 0 radical (unpaired) electrons. The lowest BCUT2D eigenvalue weighted by Crippen LogP contribution is -2.28. The number of hydrogen-bond donors (Lipinski definition) is 3. The summed E-state index contributed by atoms with van der Waals surface area (Å²) in [5, 5.41) is 3.45. The van der Waals surface area contributed by atoms with E-state index >= 15 is 0 Å². The van der Waals surface area contributed by atoms with Crippen molar-refractivity contribution in [3.8, 4) is 0 Å². The highest BCUT2D eigenvalue weighted by Gasteiger charge is 2.30. The Morgan fingerprint density at radius 1 is 1.33 bits per heavy atom. The number of furan rings is 1. The molecule has 5 nitrogen and oxygen atoms in total. The monoisotopic (exact) mass is 333 g/mol. The first kappa shape index (κ1) is 17.1. The van der Waals surface area contributed by atoms with E-state index in [9.17, 15) is 4.39 Å². The quantitative estimate of drug-likeness (QED) is 0.726. The maximum Gasteiger partial charge on any atom is 0.128 e. The third-order valence-corrected chi connectivity index (χ3v) is 4.31. The number of halogens is 1. The van der Waals surface area contributed by atoms with E-state index in [1.165, 1.54) is 6.07 Å². The van der Waals surface area contributed by atoms with Gasteiger partial charge in [0.1, 0.15) is 17.3 Å². The van der Waals surface area contributed by atoms with Crippen LogP contribution in [0.5, 0.6) is 0 Å². The summed E-state index contributed by atoms with van der Waals surface area (Å²) >= 11 is 0. The van der Waals surface area contributed by atoms with Crippen molar-refractivity contribution in [1.82, 2.24) is 16.2 Å². The van der Waals surface area contributed by atoms with Gasteiger partial charge in [0.05, 0.1) is 12.6 Å². The molecule has 3 rings (SSSR count). The number of hydrogen-bond acceptors (Lipinski definition) is 5. The summed E-state index contributed by atoms with van der Waals surface area (Å²) in [5.41, 5.74) is 8.10. The van der Waals surface area contributed by atoms with Crippen molar-refractivity contribution in [1.29, 1.82) is 0 Å². The summed E-state index contributed by atoms with van der Waals surface area (Å²) in [6.45, 7) is 4.63. The molecule has 24 heavy (non-hydrogen) atoms. The molecule has 1 aromatic carbocycles. The number of benzene rings is 1. The largest absolute Gasteiger partial charge is 0.465 e. The van der Waals surface area contributed by atoms with Gasteiger partial charge in [-0.1, -0.05) is 6.07 Å². The molecule has 130 valence electrons. The third-order valence-electron chi connectivity index (χ3n) is 4.31. The molecule has 0 aliphatic carbocycles. The molecule has 0 spiro atoms. The Morgan fingerprint density at radius 2 is 2.21 bits per heavy atom. The highest BCUT2D eigenvalue weighted by Crippen LogP contribution is 2.26. The highest BCUT2D eigenvalue weighted by atomic mass is 19.1. The van der Waals surface area contributed by atoms with E-state index in [1.807, 2.05) is 25.1 Å². The fourth-order valence-electron chi connectivity index (χ4n) is 3.06. The number of aryl methyl sites for hydroxylation is 1. The summed E-state index contributed by atoms with van der Waals surface area (Å²) in [5.74, 6) is 2.03. The Bertz CT molecular complexity index is 674. The zero-order valence-corrected chi connectivity index (χ0v) is 14.1. The minimum atomic E-state index is -0.224. The molecule has 2 atom stereocenters. The molecule has 0 bridgehead atoms. The lowest BCUT2D eigenvalue weighted by molar-refractivity contribution is 0.181. The summed E-state index contributed by atoms with van der Waals surface area (Å²) in [7, 11) is 1.57. The normalized spacial score (nSPS) is 20.6. The molecular formula is C18H24FN3O2. The van der Waals surface area contributed by atoms with E-state index in [0.717, 1.165) is 30.2 Å². The lowest BCUT2D eigenvalue weighted by atomic mass is 10.00. The molecule has 3 N–H and O–H groups in total. The number of rotatable bonds is 7. The van der Waals surface area contributed by atoms with Gasteiger partial charge in [0.15, 0.2) is 0 Å². The minimum absolute atomic E-state index is 0.156. The molecule has 0 amide bonds. The van der Waals surface area contributed by atoms with Crippen LogP contribution in [0.3, 0.4) is 0 Å². The first-order valence-electron chi connectivity index (χ1n) is 8.19. The second-order valence-electron chi connectivity index (χ2n) is 6.20. The van der Waals surface area contributed by atoms with Crippen LogP contribution in [-0.4, -0.2) is 20.2 Å². The molecule has 0 saturated carbocycles. The number of hydrazine groups is 1. The molecule has 2 heterocycles. The minimum Gasteiger partial charge on any atom is -0.465 e. The van der Waals surface area contributed by atoms with Crippen LogP contribution >= 0.6 is 0 Å². The number of ether oxygens (including phenoxy) is 1. The molecule has 1 aromatic heterocycles. The average Bonchev–Trinajstić information content (AvgIpc) is 3.19. The van der Waals surface area contributed by atoms with Gasteiger partial charge in [-0.05, 0) is 36.8 Å². The summed E-state index contributed by atoms with van der Waals surface area (Å²) in [6, 6.07) is 9.31. The van der Waals surface area contributed by atoms with E-state index in [0.29, 0.717) is 18.0 Å². The predicted octanol–water partition coefficient (Wildman–Crippen LogP) is 2.43. The van der Waals surface area contributed by atoms with Gasteiger partial charge in [-0.3, -0.25) is 5.43 Å². The summed E-state index contributed by atoms with van der Waals surface area (Å²) in [4.78, 5) is 0. The van der Waals surface area contributed by atoms with Gasteiger partial charge in [-0.2, -0.15) is 0 Å². The average molecular weight is 333 g/mol. The van der Waals surface area contributed by atoms with Crippen LogP contribution in [0.1, 0.15) is 28.7 Å². The predicted molar refractivity (Wildman–Crippen MR) is 89.6 cm³/mol. The third kappa shape index (κ3) is 4.02. The summed E-state index contributed by atoms with van der Waals surface area (Å²) < 4.78 is 24.4. The van der Waals surface area contributed by atoms with Crippen LogP contribution in [-0.2, 0) is 17.9 Å². The Hall–Kier alpha value is -1.73. The Morgan fingerprint density at radius 3 is 2.96 bits per heavy atom. The van der Waals surface area contributed by atoms with E-state index in [1.54, 1.807) is 13.2 Å². The van der Waals surface area contributed by atoms with Gasteiger partial charge in [0.2, 0.25) is 0 Å². The maximum absolute atomic E-state index is 13.6. The van der Waals surface area contributed by atoms with Crippen molar-refractivity contribution >= 4 is 0 Å². The van der Waals surface area contributed by atoms with Gasteiger partial charge in [-0.25, -0.2) is 9.82 Å². The van der Waals surface area contributed by atoms with Crippen molar-refractivity contribution in [3.63, 3.8) is 0 Å². The van der Waals surface area contributed by atoms with Crippen LogP contribution in [0.25, 0.3) is 0 Å². The first-order valence-corrected chi connectivity index (χ1v) is 8.19. The van der Waals surface area contributed by atoms with Gasteiger partial charge < -0.3 is 14.5 Å². The van der Waals surface area contributed by atoms with Crippen molar-refractivity contribution in [2.45, 2.75) is 26.1 Å². The van der Waals surface area contributed by atoms with Crippen LogP contribution in [0, 0.1) is 18.7 Å². The van der Waals surface area contributed by atoms with Crippen molar-refractivity contribution in [2.24, 2.45) is 5.92 Å². The molecule has 2 aromatic rings. The number of nitrogens with one attached hydrogen (secondary N) is 3. The second-order valence-corrected chi connectivity index (χ2v) is 6.20. The zero-order chi connectivity index (χ0) is 16.9. The SMILES string of the molecule is COCc1cc(CNCC2CNNC2c2ccc(C)o2)ccc1F. The van der Waals surface area contributed by atoms with Crippen LogP contribution in [0.2, 0.25) is 0 Å². The van der Waals surface area contributed by atoms with Gasteiger partial charge in [0, 0.05) is 38.2 Å². The second kappa shape index (κ2) is 7.90. The van der Waals surface area contributed by atoms with Gasteiger partial charge >= 0.3 is 0 Å². The smallest absolute Gasteiger partial charge is 0.128 e. The molecular weight excluding hydrogens is 309 g/mol. The molecule has 1 aliphatic heterocycles. The van der Waals surface area contributed by atoms with Gasteiger partial charge in [-0.15, -0.1) is 0 Å². The molecule has 1 fully saturated rings. The summed E-state index contributed by atoms with van der Waals surface area (Å²) in [6.07, 6.45) is 0. The Labute approximate surface area is 141 Å². The van der Waals surface area contributed by atoms with E-state index in [2.05, 4.69) is 16.2 Å². The van der Waals surface area contributed by atoms with E-state index < -0.39 is 0 Å². The van der Waals surface area contributed by atoms with E-state index in [-0.39, 0.29) is 18.5 Å².